The van der Waals surface area contributed by atoms with Crippen LogP contribution >= 0.6 is 0 Å². The molecule has 4 nitrogen and oxygen atoms in total. The Morgan fingerprint density at radius 2 is 1.79 bits per heavy atom. The Morgan fingerprint density at radius 1 is 1.08 bits per heavy atom. The van der Waals surface area contributed by atoms with E-state index in [4.69, 9.17) is 4.42 Å². The second-order valence-electron chi connectivity index (χ2n) is 6.83. The first-order valence-corrected chi connectivity index (χ1v) is 8.52. The minimum Gasteiger partial charge on any atom is -0.507 e. The van der Waals surface area contributed by atoms with Crippen LogP contribution in [0.25, 0.3) is 21.7 Å². The number of likely N-dealkylation sites (tertiary alicyclic amines) is 1. The molecule has 0 atom stereocenters. The summed E-state index contributed by atoms with van der Waals surface area (Å²) in [5.74, 6) is 0.948. The summed E-state index contributed by atoms with van der Waals surface area (Å²) in [7, 11) is 0. The predicted molar refractivity (Wildman–Crippen MR) is 95.3 cm³/mol. The van der Waals surface area contributed by atoms with E-state index in [1.807, 2.05) is 24.3 Å². The molecule has 4 heteroatoms. The summed E-state index contributed by atoms with van der Waals surface area (Å²) in [4.78, 5) is 14.7. The topological polar surface area (TPSA) is 53.7 Å². The van der Waals surface area contributed by atoms with E-state index in [-0.39, 0.29) is 11.4 Å². The van der Waals surface area contributed by atoms with Crippen molar-refractivity contribution in [3.8, 4) is 5.75 Å². The van der Waals surface area contributed by atoms with Gasteiger partial charge in [-0.15, -0.1) is 0 Å². The smallest absolute Gasteiger partial charge is 0.344 e. The van der Waals surface area contributed by atoms with Gasteiger partial charge in [-0.1, -0.05) is 25.1 Å². The monoisotopic (exact) mass is 323 g/mol. The number of hydrogen-bond acceptors (Lipinski definition) is 4. The lowest BCUT2D eigenvalue weighted by atomic mass is 9.98. The third-order valence-corrected chi connectivity index (χ3v) is 5.13. The van der Waals surface area contributed by atoms with Gasteiger partial charge in [-0.25, -0.2) is 4.79 Å². The molecule has 1 saturated heterocycles. The second-order valence-corrected chi connectivity index (χ2v) is 6.83. The highest BCUT2D eigenvalue weighted by atomic mass is 16.4. The van der Waals surface area contributed by atoms with Crippen molar-refractivity contribution in [2.24, 2.45) is 5.92 Å². The summed E-state index contributed by atoms with van der Waals surface area (Å²) in [5, 5.41) is 12.7. The molecule has 3 aromatic rings. The molecule has 0 saturated carbocycles. The molecule has 1 N–H and O–H groups in total. The number of benzene rings is 2. The third kappa shape index (κ3) is 2.57. The minimum atomic E-state index is -0.350. The molecule has 124 valence electrons. The third-order valence-electron chi connectivity index (χ3n) is 5.13. The Labute approximate surface area is 140 Å². The van der Waals surface area contributed by atoms with Gasteiger partial charge in [0.25, 0.3) is 0 Å². The summed E-state index contributed by atoms with van der Waals surface area (Å²) in [6.45, 7) is 4.90. The largest absolute Gasteiger partial charge is 0.507 e. The lowest BCUT2D eigenvalue weighted by Crippen LogP contribution is -2.32. The average molecular weight is 323 g/mol. The van der Waals surface area contributed by atoms with Crippen LogP contribution in [-0.4, -0.2) is 23.1 Å². The van der Waals surface area contributed by atoms with E-state index in [2.05, 4.69) is 11.8 Å². The van der Waals surface area contributed by atoms with E-state index in [1.165, 1.54) is 12.8 Å². The van der Waals surface area contributed by atoms with Gasteiger partial charge in [-0.3, -0.25) is 4.90 Å². The molecule has 1 fully saturated rings. The van der Waals surface area contributed by atoms with Crippen molar-refractivity contribution in [1.82, 2.24) is 4.90 Å². The molecular formula is C20H21NO3. The van der Waals surface area contributed by atoms with Crippen molar-refractivity contribution >= 4 is 21.7 Å². The number of fused-ring (bicyclic) bond motifs is 3. The fraction of sp³-hybridized carbons (Fsp3) is 0.350. The van der Waals surface area contributed by atoms with Crippen LogP contribution in [0.4, 0.5) is 0 Å². The van der Waals surface area contributed by atoms with E-state index in [0.29, 0.717) is 23.1 Å². The first-order chi connectivity index (χ1) is 11.6. The first kappa shape index (κ1) is 15.2. The summed E-state index contributed by atoms with van der Waals surface area (Å²) in [5.41, 5.74) is 0.874. The molecule has 24 heavy (non-hydrogen) atoms. The molecule has 0 aliphatic carbocycles. The molecule has 0 radical (unpaired) electrons. The summed E-state index contributed by atoms with van der Waals surface area (Å²) in [6, 6.07) is 11.0. The maximum atomic E-state index is 12.3. The molecule has 1 aromatic heterocycles. The van der Waals surface area contributed by atoms with Gasteiger partial charge in [0, 0.05) is 11.9 Å². The summed E-state index contributed by atoms with van der Waals surface area (Å²) < 4.78 is 5.61. The van der Waals surface area contributed by atoms with Crippen LogP contribution in [-0.2, 0) is 6.54 Å². The van der Waals surface area contributed by atoms with Crippen molar-refractivity contribution in [2.45, 2.75) is 26.3 Å². The Kier molecular flexibility index (Phi) is 3.77. The predicted octanol–water partition coefficient (Wildman–Crippen LogP) is 3.88. The van der Waals surface area contributed by atoms with Crippen LogP contribution in [0, 0.1) is 5.92 Å². The molecule has 1 aliphatic heterocycles. The SMILES string of the molecule is CC1CCN(Cc2c(O)ccc3c2oc(=O)c2ccccc23)CC1. The van der Waals surface area contributed by atoms with Crippen LogP contribution in [0.3, 0.4) is 0 Å². The highest BCUT2D eigenvalue weighted by molar-refractivity contribution is 6.05. The molecule has 0 bridgehead atoms. The van der Waals surface area contributed by atoms with Crippen molar-refractivity contribution < 1.29 is 9.52 Å². The standard InChI is InChI=1S/C20H21NO3/c1-13-8-10-21(11-9-13)12-17-18(22)7-6-15-14-4-2-3-5-16(14)20(23)24-19(15)17/h2-7,13,22H,8-12H2,1H3. The summed E-state index contributed by atoms with van der Waals surface area (Å²) in [6.07, 6.45) is 2.33. The van der Waals surface area contributed by atoms with Crippen molar-refractivity contribution in [2.75, 3.05) is 13.1 Å². The molecule has 0 spiro atoms. The number of phenolic OH excluding ortho intramolecular Hbond substituents is 1. The minimum absolute atomic E-state index is 0.194. The van der Waals surface area contributed by atoms with Crippen LogP contribution in [0.5, 0.6) is 5.75 Å². The Hall–Kier alpha value is -2.33. The number of piperidine rings is 1. The van der Waals surface area contributed by atoms with Gasteiger partial charge in [-0.05, 0) is 55.4 Å². The van der Waals surface area contributed by atoms with Crippen molar-refractivity contribution in [3.63, 3.8) is 0 Å². The normalized spacial score (nSPS) is 16.9. The Morgan fingerprint density at radius 3 is 2.54 bits per heavy atom. The first-order valence-electron chi connectivity index (χ1n) is 8.52. The maximum Gasteiger partial charge on any atom is 0.344 e. The van der Waals surface area contributed by atoms with Crippen LogP contribution in [0.2, 0.25) is 0 Å². The Bertz CT molecular complexity index is 952. The molecule has 4 rings (SSSR count). The van der Waals surface area contributed by atoms with Crippen molar-refractivity contribution in [1.29, 1.82) is 0 Å². The maximum absolute atomic E-state index is 12.3. The number of hydrogen-bond donors (Lipinski definition) is 1. The molecule has 0 unspecified atom stereocenters. The van der Waals surface area contributed by atoms with E-state index in [9.17, 15) is 9.90 Å². The molecular weight excluding hydrogens is 302 g/mol. The van der Waals surface area contributed by atoms with Gasteiger partial charge in [0.2, 0.25) is 0 Å². The van der Waals surface area contributed by atoms with Gasteiger partial charge >= 0.3 is 5.63 Å². The molecule has 2 aromatic carbocycles. The van der Waals surface area contributed by atoms with Gasteiger partial charge in [0.05, 0.1) is 10.9 Å². The van der Waals surface area contributed by atoms with Crippen LogP contribution in [0.1, 0.15) is 25.3 Å². The highest BCUT2D eigenvalue weighted by Crippen LogP contribution is 2.32. The van der Waals surface area contributed by atoms with E-state index < -0.39 is 0 Å². The highest BCUT2D eigenvalue weighted by Gasteiger charge is 2.20. The second kappa shape index (κ2) is 5.95. The Balaban J connectivity index is 1.85. The lowest BCUT2D eigenvalue weighted by molar-refractivity contribution is 0.183. The fourth-order valence-corrected chi connectivity index (χ4v) is 3.59. The molecule has 1 aliphatic rings. The van der Waals surface area contributed by atoms with E-state index in [0.717, 1.165) is 29.8 Å². The van der Waals surface area contributed by atoms with Crippen molar-refractivity contribution in [3.05, 3.63) is 52.4 Å². The number of phenols is 1. The average Bonchev–Trinajstić information content (AvgIpc) is 2.60. The number of rotatable bonds is 2. The zero-order valence-electron chi connectivity index (χ0n) is 13.8. The zero-order valence-corrected chi connectivity index (χ0v) is 13.8. The molecule has 2 heterocycles. The zero-order chi connectivity index (χ0) is 16.7. The van der Waals surface area contributed by atoms with Gasteiger partial charge < -0.3 is 9.52 Å². The van der Waals surface area contributed by atoms with Gasteiger partial charge in [0.1, 0.15) is 11.3 Å². The van der Waals surface area contributed by atoms with Gasteiger partial charge in [0.15, 0.2) is 0 Å². The number of nitrogens with zero attached hydrogens (tertiary/aromatic N) is 1. The lowest BCUT2D eigenvalue weighted by Gasteiger charge is -2.30. The van der Waals surface area contributed by atoms with E-state index in [1.54, 1.807) is 12.1 Å². The quantitative estimate of drug-likeness (QED) is 0.574. The molecule has 0 amide bonds. The van der Waals surface area contributed by atoms with E-state index >= 15 is 0 Å². The fourth-order valence-electron chi connectivity index (χ4n) is 3.59. The number of aromatic hydroxyl groups is 1. The van der Waals surface area contributed by atoms with Crippen LogP contribution < -0.4 is 5.63 Å². The summed E-state index contributed by atoms with van der Waals surface area (Å²) >= 11 is 0. The van der Waals surface area contributed by atoms with Crippen LogP contribution in [0.15, 0.2) is 45.6 Å². The van der Waals surface area contributed by atoms with Gasteiger partial charge in [-0.2, -0.15) is 0 Å².